The van der Waals surface area contributed by atoms with E-state index in [1.807, 2.05) is 0 Å². The zero-order valence-electron chi connectivity index (χ0n) is 8.43. The summed E-state index contributed by atoms with van der Waals surface area (Å²) in [6.07, 6.45) is -5.39. The summed E-state index contributed by atoms with van der Waals surface area (Å²) in [5.74, 6) is -0.561. The van der Waals surface area contributed by atoms with Crippen molar-refractivity contribution in [1.29, 1.82) is 0 Å². The number of halogens is 3. The summed E-state index contributed by atoms with van der Waals surface area (Å²) in [6, 6.07) is 0.243. The molecule has 0 aliphatic rings. The molecule has 1 rings (SSSR count). The number of alkyl halides is 3. The average molecular weight is 236 g/mol. The van der Waals surface area contributed by atoms with E-state index >= 15 is 0 Å². The molecule has 1 aromatic heterocycles. The van der Waals surface area contributed by atoms with Crippen LogP contribution in [0.25, 0.3) is 0 Å². The van der Waals surface area contributed by atoms with Gasteiger partial charge in [-0.3, -0.25) is 9.89 Å². The quantitative estimate of drug-likeness (QED) is 0.733. The van der Waals surface area contributed by atoms with Crippen molar-refractivity contribution in [2.45, 2.75) is 25.6 Å². The number of hydrogen-bond acceptors (Lipinski definition) is 3. The highest BCUT2D eigenvalue weighted by molar-refractivity contribution is 5.93. The first kappa shape index (κ1) is 12.3. The van der Waals surface area contributed by atoms with Crippen LogP contribution in [0.5, 0.6) is 0 Å². The number of amides is 1. The molecule has 0 aliphatic heterocycles. The van der Waals surface area contributed by atoms with Crippen molar-refractivity contribution < 1.29 is 18.0 Å². The van der Waals surface area contributed by atoms with Crippen LogP contribution in [-0.4, -0.2) is 28.3 Å². The number of nitrogens with zero attached hydrogens (tertiary/aromatic N) is 1. The van der Waals surface area contributed by atoms with Crippen molar-refractivity contribution in [3.05, 3.63) is 11.8 Å². The molecule has 1 heterocycles. The zero-order chi connectivity index (χ0) is 12.3. The zero-order valence-corrected chi connectivity index (χ0v) is 8.43. The number of nitrogens with two attached hydrogens (primary N) is 1. The topological polar surface area (TPSA) is 83.8 Å². The summed E-state index contributed by atoms with van der Waals surface area (Å²) >= 11 is 0. The molecule has 0 radical (unpaired) electrons. The second-order valence-electron chi connectivity index (χ2n) is 3.40. The van der Waals surface area contributed by atoms with E-state index in [1.165, 1.54) is 13.0 Å². The molecular weight excluding hydrogens is 225 g/mol. The maximum atomic E-state index is 12.0. The lowest BCUT2D eigenvalue weighted by Gasteiger charge is -2.14. The molecule has 4 N–H and O–H groups in total. The molecule has 0 aliphatic carbocycles. The lowest BCUT2D eigenvalue weighted by atomic mass is 10.2. The number of carbonyl (C=O) groups excluding carboxylic acids is 1. The van der Waals surface area contributed by atoms with E-state index in [1.54, 1.807) is 0 Å². The number of nitrogens with one attached hydrogen (secondary N) is 2. The Morgan fingerprint density at radius 2 is 2.31 bits per heavy atom. The van der Waals surface area contributed by atoms with E-state index in [0.717, 1.165) is 0 Å². The number of anilines is 1. The molecule has 90 valence electrons. The number of hydrogen-bond donors (Lipinski definition) is 3. The van der Waals surface area contributed by atoms with Crippen LogP contribution in [0.2, 0.25) is 0 Å². The number of carbonyl (C=O) groups is 1. The van der Waals surface area contributed by atoms with E-state index in [2.05, 4.69) is 15.5 Å². The minimum atomic E-state index is -4.31. The van der Waals surface area contributed by atoms with E-state index in [-0.39, 0.29) is 11.5 Å². The largest absolute Gasteiger partial charge is 0.391 e. The van der Waals surface area contributed by atoms with Gasteiger partial charge in [0.05, 0.1) is 6.42 Å². The fourth-order valence-corrected chi connectivity index (χ4v) is 1.15. The first-order valence-electron chi connectivity index (χ1n) is 4.46. The van der Waals surface area contributed by atoms with Gasteiger partial charge in [-0.25, -0.2) is 0 Å². The van der Waals surface area contributed by atoms with E-state index in [4.69, 9.17) is 5.73 Å². The van der Waals surface area contributed by atoms with Gasteiger partial charge in [-0.15, -0.1) is 0 Å². The van der Waals surface area contributed by atoms with Crippen LogP contribution >= 0.6 is 0 Å². The monoisotopic (exact) mass is 236 g/mol. The third kappa shape index (κ3) is 3.79. The van der Waals surface area contributed by atoms with Crippen LogP contribution < -0.4 is 11.1 Å². The van der Waals surface area contributed by atoms with Crippen molar-refractivity contribution >= 4 is 11.7 Å². The smallest absolute Gasteiger partial charge is 0.382 e. The molecule has 1 unspecified atom stereocenters. The molecule has 0 saturated carbocycles. The van der Waals surface area contributed by atoms with Crippen LogP contribution in [0.4, 0.5) is 19.0 Å². The molecule has 1 atom stereocenters. The molecule has 0 spiro atoms. The maximum absolute atomic E-state index is 12.0. The summed E-state index contributed by atoms with van der Waals surface area (Å²) in [5.41, 5.74) is 5.28. The van der Waals surface area contributed by atoms with Crippen LogP contribution in [0, 0.1) is 0 Å². The Morgan fingerprint density at radius 3 is 2.75 bits per heavy atom. The fraction of sp³-hybridized carbons (Fsp3) is 0.500. The number of aromatic nitrogens is 2. The molecule has 16 heavy (non-hydrogen) atoms. The standard InChI is InChI=1S/C8H11F3N4O/c1-4(3-8(9,10)11)13-7(16)5-2-6(12)15-14-5/h2,4H,3H2,1H3,(H,13,16)(H3,12,14,15). The third-order valence-corrected chi connectivity index (χ3v) is 1.76. The lowest BCUT2D eigenvalue weighted by Crippen LogP contribution is -2.36. The van der Waals surface area contributed by atoms with Gasteiger partial charge < -0.3 is 11.1 Å². The van der Waals surface area contributed by atoms with Crippen molar-refractivity contribution in [3.8, 4) is 0 Å². The van der Waals surface area contributed by atoms with Gasteiger partial charge >= 0.3 is 6.18 Å². The number of H-pyrrole nitrogens is 1. The van der Waals surface area contributed by atoms with Gasteiger partial charge in [-0.05, 0) is 6.92 Å². The van der Waals surface area contributed by atoms with Crippen LogP contribution in [0.15, 0.2) is 6.07 Å². The Morgan fingerprint density at radius 1 is 1.69 bits per heavy atom. The summed E-state index contributed by atoms with van der Waals surface area (Å²) < 4.78 is 35.9. The van der Waals surface area contributed by atoms with Gasteiger partial charge in [0.15, 0.2) is 0 Å². The number of rotatable bonds is 3. The van der Waals surface area contributed by atoms with Crippen molar-refractivity contribution in [3.63, 3.8) is 0 Å². The predicted octanol–water partition coefficient (Wildman–Crippen LogP) is 1.06. The van der Waals surface area contributed by atoms with Gasteiger partial charge in [0.2, 0.25) is 0 Å². The second-order valence-corrected chi connectivity index (χ2v) is 3.40. The summed E-state index contributed by atoms with van der Waals surface area (Å²) in [5, 5.41) is 7.97. The number of nitrogen functional groups attached to an aromatic ring is 1. The first-order valence-corrected chi connectivity index (χ1v) is 4.46. The van der Waals surface area contributed by atoms with E-state index < -0.39 is 24.5 Å². The number of aromatic amines is 1. The Balaban J connectivity index is 2.52. The Kier molecular flexibility index (Phi) is 3.41. The first-order chi connectivity index (χ1) is 7.28. The normalized spacial score (nSPS) is 13.5. The fourth-order valence-electron chi connectivity index (χ4n) is 1.15. The highest BCUT2D eigenvalue weighted by atomic mass is 19.4. The minimum absolute atomic E-state index is 0.0338. The third-order valence-electron chi connectivity index (χ3n) is 1.76. The summed E-state index contributed by atoms with van der Waals surface area (Å²) in [7, 11) is 0. The lowest BCUT2D eigenvalue weighted by molar-refractivity contribution is -0.138. The van der Waals surface area contributed by atoms with Crippen LogP contribution in [-0.2, 0) is 0 Å². The molecule has 0 fully saturated rings. The SMILES string of the molecule is CC(CC(F)(F)F)NC(=O)c1cc(N)n[nH]1. The minimum Gasteiger partial charge on any atom is -0.382 e. The highest BCUT2D eigenvalue weighted by Gasteiger charge is 2.30. The van der Waals surface area contributed by atoms with Gasteiger partial charge in [0.25, 0.3) is 5.91 Å². The highest BCUT2D eigenvalue weighted by Crippen LogP contribution is 2.21. The molecule has 1 aromatic rings. The van der Waals surface area contributed by atoms with Gasteiger partial charge in [-0.1, -0.05) is 0 Å². The van der Waals surface area contributed by atoms with Crippen molar-refractivity contribution in [1.82, 2.24) is 15.5 Å². The van der Waals surface area contributed by atoms with Crippen LogP contribution in [0.3, 0.4) is 0 Å². The Labute approximate surface area is 89.2 Å². The Bertz CT molecular complexity index is 374. The van der Waals surface area contributed by atoms with E-state index in [9.17, 15) is 18.0 Å². The van der Waals surface area contributed by atoms with Crippen LogP contribution in [0.1, 0.15) is 23.8 Å². The second kappa shape index (κ2) is 4.42. The summed E-state index contributed by atoms with van der Waals surface area (Å²) in [6.45, 7) is 1.27. The van der Waals surface area contributed by atoms with E-state index in [0.29, 0.717) is 0 Å². The maximum Gasteiger partial charge on any atom is 0.391 e. The average Bonchev–Trinajstić information content (AvgIpc) is 2.47. The molecule has 0 bridgehead atoms. The molecule has 0 aromatic carbocycles. The summed E-state index contributed by atoms with van der Waals surface area (Å²) in [4.78, 5) is 11.3. The molecule has 5 nitrogen and oxygen atoms in total. The van der Waals surface area contributed by atoms with Gasteiger partial charge in [0.1, 0.15) is 11.5 Å². The Hall–Kier alpha value is -1.73. The molecule has 0 saturated heterocycles. The van der Waals surface area contributed by atoms with Gasteiger partial charge in [-0.2, -0.15) is 18.3 Å². The van der Waals surface area contributed by atoms with Crippen molar-refractivity contribution in [2.24, 2.45) is 0 Å². The van der Waals surface area contributed by atoms with Gasteiger partial charge in [0, 0.05) is 12.1 Å². The molecule has 8 heteroatoms. The van der Waals surface area contributed by atoms with Crippen molar-refractivity contribution in [2.75, 3.05) is 5.73 Å². The molecule has 1 amide bonds. The predicted molar refractivity (Wildman–Crippen MR) is 50.6 cm³/mol. The molecular formula is C8H11F3N4O.